The summed E-state index contributed by atoms with van der Waals surface area (Å²) in [6.45, 7) is 1.56. The minimum absolute atomic E-state index is 0.159. The lowest BCUT2D eigenvalue weighted by atomic mass is 10.1. The van der Waals surface area contributed by atoms with E-state index in [0.29, 0.717) is 11.4 Å². The Morgan fingerprint density at radius 3 is 2.42 bits per heavy atom. The molecule has 0 spiro atoms. The minimum Gasteiger partial charge on any atom is -0.329 e. The molecule has 1 N–H and O–H groups in total. The van der Waals surface area contributed by atoms with Gasteiger partial charge in [-0.1, -0.05) is 30.1 Å². The number of rotatable bonds is 8. The van der Waals surface area contributed by atoms with Crippen LogP contribution in [0, 0.1) is 10.1 Å². The Balaban J connectivity index is 2.33. The second kappa shape index (κ2) is 10.1. The third-order valence-electron chi connectivity index (χ3n) is 4.09. The fraction of sp³-hybridized carbons (Fsp3) is 0.263. The molecule has 2 aromatic carbocycles. The van der Waals surface area contributed by atoms with E-state index in [0.717, 1.165) is 24.5 Å². The van der Waals surface area contributed by atoms with Crippen LogP contribution in [0.5, 0.6) is 0 Å². The van der Waals surface area contributed by atoms with Crippen molar-refractivity contribution in [2.45, 2.75) is 18.2 Å². The van der Waals surface area contributed by atoms with Crippen LogP contribution >= 0.6 is 23.2 Å². The van der Waals surface area contributed by atoms with Gasteiger partial charge >= 0.3 is 0 Å². The number of non-ortho nitro benzene ring substituents is 1. The molecular weight excluding hydrogens is 469 g/mol. The lowest BCUT2D eigenvalue weighted by Gasteiger charge is -2.22. The summed E-state index contributed by atoms with van der Waals surface area (Å²) in [4.78, 5) is 36.7. The van der Waals surface area contributed by atoms with Gasteiger partial charge in [0.05, 0.1) is 20.5 Å². The predicted octanol–water partition coefficient (Wildman–Crippen LogP) is 3.80. The molecule has 166 valence electrons. The number of nitrogens with zero attached hydrogens (tertiary/aromatic N) is 2. The summed E-state index contributed by atoms with van der Waals surface area (Å²) in [7, 11) is -3.81. The van der Waals surface area contributed by atoms with Gasteiger partial charge < -0.3 is 10.2 Å². The molecular formula is C19H19Cl2N3O6S. The van der Waals surface area contributed by atoms with Gasteiger partial charge in [-0.3, -0.25) is 19.7 Å². The highest BCUT2D eigenvalue weighted by molar-refractivity contribution is 7.90. The molecule has 0 atom stereocenters. The molecule has 0 fully saturated rings. The summed E-state index contributed by atoms with van der Waals surface area (Å²) in [6.07, 6.45) is 1.37. The highest BCUT2D eigenvalue weighted by Gasteiger charge is 2.24. The average Bonchev–Trinajstić information content (AvgIpc) is 2.68. The Kier molecular flexibility index (Phi) is 7.99. The average molecular weight is 488 g/mol. The lowest BCUT2D eigenvalue weighted by Crippen LogP contribution is -2.38. The standard InChI is InChI=1S/C19H19Cl2N3O6S/c1-3-6-23(11-18(25)22-17-9-13(20)4-5-16(17)21)19(26)12-7-14(24(27)28)10-15(8-12)31(2,29)30/h4-5,7-10H,3,6,11H2,1-2H3,(H,22,25). The van der Waals surface area contributed by atoms with Crippen LogP contribution in [0.4, 0.5) is 11.4 Å². The van der Waals surface area contributed by atoms with Crippen molar-refractivity contribution in [1.82, 2.24) is 4.90 Å². The number of benzene rings is 2. The first-order valence-electron chi connectivity index (χ1n) is 8.96. The Morgan fingerprint density at radius 2 is 1.84 bits per heavy atom. The molecule has 12 heteroatoms. The molecule has 0 saturated carbocycles. The summed E-state index contributed by atoms with van der Waals surface area (Å²) in [5, 5.41) is 14.4. The van der Waals surface area contributed by atoms with Gasteiger partial charge in [0, 0.05) is 35.5 Å². The number of sulfone groups is 1. The molecule has 2 rings (SSSR count). The fourth-order valence-corrected chi connectivity index (χ4v) is 3.70. The van der Waals surface area contributed by atoms with Crippen LogP contribution in [0.25, 0.3) is 0 Å². The van der Waals surface area contributed by atoms with Crippen LogP contribution in [-0.4, -0.2) is 49.4 Å². The Morgan fingerprint density at radius 1 is 1.16 bits per heavy atom. The van der Waals surface area contributed by atoms with Crippen molar-refractivity contribution in [3.63, 3.8) is 0 Å². The third-order valence-corrected chi connectivity index (χ3v) is 5.75. The monoisotopic (exact) mass is 487 g/mol. The first-order chi connectivity index (χ1) is 14.4. The zero-order valence-electron chi connectivity index (χ0n) is 16.6. The molecule has 0 aliphatic rings. The number of anilines is 1. The summed E-state index contributed by atoms with van der Waals surface area (Å²) in [5.41, 5.74) is -0.493. The topological polar surface area (TPSA) is 127 Å². The number of nitro groups is 1. The van der Waals surface area contributed by atoms with Gasteiger partial charge in [0.1, 0.15) is 6.54 Å². The van der Waals surface area contributed by atoms with Gasteiger partial charge in [-0.15, -0.1) is 0 Å². The van der Waals surface area contributed by atoms with E-state index in [2.05, 4.69) is 5.32 Å². The SMILES string of the molecule is CCCN(CC(=O)Nc1cc(Cl)ccc1Cl)C(=O)c1cc([N+](=O)[O-])cc(S(C)(=O)=O)c1. The molecule has 0 aliphatic heterocycles. The lowest BCUT2D eigenvalue weighted by molar-refractivity contribution is -0.385. The molecule has 31 heavy (non-hydrogen) atoms. The quantitative estimate of drug-likeness (QED) is 0.445. The minimum atomic E-state index is -3.81. The zero-order valence-corrected chi connectivity index (χ0v) is 18.9. The molecule has 9 nitrogen and oxygen atoms in total. The van der Waals surface area contributed by atoms with Crippen molar-refractivity contribution in [3.05, 3.63) is 62.1 Å². The van der Waals surface area contributed by atoms with Crippen molar-refractivity contribution in [2.75, 3.05) is 24.7 Å². The first-order valence-corrected chi connectivity index (χ1v) is 11.6. The van der Waals surface area contributed by atoms with E-state index in [9.17, 15) is 28.1 Å². The van der Waals surface area contributed by atoms with Gasteiger partial charge in [-0.05, 0) is 30.7 Å². The normalized spacial score (nSPS) is 11.1. The molecule has 0 saturated heterocycles. The first kappa shape index (κ1) is 24.6. The Bertz CT molecular complexity index is 1140. The van der Waals surface area contributed by atoms with Crippen LogP contribution in [0.2, 0.25) is 10.0 Å². The zero-order chi connectivity index (χ0) is 23.3. The number of carbonyl (C=O) groups excluding carboxylic acids is 2. The Hall–Kier alpha value is -2.69. The second-order valence-corrected chi connectivity index (χ2v) is 9.50. The smallest absolute Gasteiger partial charge is 0.271 e. The van der Waals surface area contributed by atoms with Gasteiger partial charge in [-0.25, -0.2) is 8.42 Å². The molecule has 0 bridgehead atoms. The van der Waals surface area contributed by atoms with E-state index < -0.39 is 32.3 Å². The van der Waals surface area contributed by atoms with Crippen LogP contribution in [0.3, 0.4) is 0 Å². The number of nitro benzene ring substituents is 1. The van der Waals surface area contributed by atoms with Crippen molar-refractivity contribution in [2.24, 2.45) is 0 Å². The highest BCUT2D eigenvalue weighted by Crippen LogP contribution is 2.26. The number of carbonyl (C=O) groups is 2. The van der Waals surface area contributed by atoms with E-state index in [1.54, 1.807) is 13.0 Å². The number of amides is 2. The second-order valence-electron chi connectivity index (χ2n) is 6.64. The van der Waals surface area contributed by atoms with Crippen molar-refractivity contribution >= 4 is 56.2 Å². The van der Waals surface area contributed by atoms with Gasteiger partial charge in [0.15, 0.2) is 9.84 Å². The van der Waals surface area contributed by atoms with Crippen molar-refractivity contribution < 1.29 is 22.9 Å². The van der Waals surface area contributed by atoms with Crippen molar-refractivity contribution in [1.29, 1.82) is 0 Å². The molecule has 0 radical (unpaired) electrons. The third kappa shape index (κ3) is 6.65. The van der Waals surface area contributed by atoms with E-state index >= 15 is 0 Å². The fourth-order valence-electron chi connectivity index (χ4n) is 2.69. The predicted molar refractivity (Wildman–Crippen MR) is 117 cm³/mol. The van der Waals surface area contributed by atoms with E-state index in [-0.39, 0.29) is 34.3 Å². The number of nitrogens with one attached hydrogen (secondary N) is 1. The summed E-state index contributed by atoms with van der Waals surface area (Å²) >= 11 is 11.9. The van der Waals surface area contributed by atoms with E-state index in [1.807, 2.05) is 0 Å². The highest BCUT2D eigenvalue weighted by atomic mass is 35.5. The van der Waals surface area contributed by atoms with Gasteiger partial charge in [-0.2, -0.15) is 0 Å². The molecule has 2 amide bonds. The van der Waals surface area contributed by atoms with Crippen LogP contribution < -0.4 is 5.32 Å². The van der Waals surface area contributed by atoms with Gasteiger partial charge in [0.2, 0.25) is 5.91 Å². The maximum absolute atomic E-state index is 13.0. The summed E-state index contributed by atoms with van der Waals surface area (Å²) in [5.74, 6) is -1.29. The molecule has 0 aromatic heterocycles. The molecule has 0 unspecified atom stereocenters. The maximum Gasteiger partial charge on any atom is 0.271 e. The maximum atomic E-state index is 13.0. The van der Waals surface area contributed by atoms with E-state index in [1.165, 1.54) is 17.0 Å². The molecule has 2 aromatic rings. The number of hydrogen-bond acceptors (Lipinski definition) is 6. The van der Waals surface area contributed by atoms with E-state index in [4.69, 9.17) is 23.2 Å². The molecule has 0 aliphatic carbocycles. The summed E-state index contributed by atoms with van der Waals surface area (Å²) in [6, 6.07) is 7.42. The number of hydrogen-bond donors (Lipinski definition) is 1. The van der Waals surface area contributed by atoms with Crippen LogP contribution in [0.15, 0.2) is 41.3 Å². The Labute approximate surface area is 189 Å². The van der Waals surface area contributed by atoms with Crippen LogP contribution in [0.1, 0.15) is 23.7 Å². The summed E-state index contributed by atoms with van der Waals surface area (Å²) < 4.78 is 23.8. The molecule has 0 heterocycles. The number of halogens is 2. The van der Waals surface area contributed by atoms with Crippen molar-refractivity contribution in [3.8, 4) is 0 Å². The largest absolute Gasteiger partial charge is 0.329 e. The van der Waals surface area contributed by atoms with Gasteiger partial charge in [0.25, 0.3) is 11.6 Å². The van der Waals surface area contributed by atoms with Crippen LogP contribution in [-0.2, 0) is 14.6 Å².